The number of allylic oxidation sites excluding steroid dienone is 2. The Morgan fingerprint density at radius 3 is 2.44 bits per heavy atom. The molecule has 166 valence electrons. The molecule has 0 N–H and O–H groups in total. The van der Waals surface area contributed by atoms with Crippen LogP contribution in [0.5, 0.6) is 5.75 Å². The van der Waals surface area contributed by atoms with Gasteiger partial charge in [0.25, 0.3) is 5.69 Å². The number of benzene rings is 2. The van der Waals surface area contributed by atoms with E-state index >= 15 is 0 Å². The second kappa shape index (κ2) is 8.06. The van der Waals surface area contributed by atoms with Gasteiger partial charge in [0.2, 0.25) is 5.91 Å². The first kappa shape index (κ1) is 22.0. The number of halogens is 1. The van der Waals surface area contributed by atoms with Gasteiger partial charge >= 0.3 is 0 Å². The third-order valence-corrected chi connectivity index (χ3v) is 6.29. The summed E-state index contributed by atoms with van der Waals surface area (Å²) in [6.07, 6.45) is 0.839. The number of hydrogen-bond donors (Lipinski definition) is 0. The van der Waals surface area contributed by atoms with Gasteiger partial charge in [0.15, 0.2) is 5.78 Å². The second-order valence-corrected chi connectivity index (χ2v) is 9.39. The van der Waals surface area contributed by atoms with Gasteiger partial charge in [-0.1, -0.05) is 37.6 Å². The summed E-state index contributed by atoms with van der Waals surface area (Å²) in [4.78, 5) is 39.4. The van der Waals surface area contributed by atoms with Crippen molar-refractivity contribution >= 4 is 34.7 Å². The van der Waals surface area contributed by atoms with E-state index in [0.717, 1.165) is 5.56 Å². The lowest BCUT2D eigenvalue weighted by Gasteiger charge is -2.42. The number of amides is 1. The number of nitrogens with zero attached hydrogens (tertiary/aromatic N) is 2. The minimum absolute atomic E-state index is 0.0372. The maximum atomic E-state index is 13.4. The summed E-state index contributed by atoms with van der Waals surface area (Å²) in [5, 5.41) is 12.4. The van der Waals surface area contributed by atoms with Crippen LogP contribution in [0.3, 0.4) is 0 Å². The number of rotatable bonds is 4. The van der Waals surface area contributed by atoms with E-state index in [2.05, 4.69) is 0 Å². The molecule has 32 heavy (non-hydrogen) atoms. The average Bonchev–Trinajstić information content (AvgIpc) is 2.72. The number of nitro benzene ring substituents is 1. The molecule has 4 rings (SSSR count). The number of methoxy groups -OCH3 is 1. The smallest absolute Gasteiger partial charge is 0.297 e. The zero-order valence-corrected chi connectivity index (χ0v) is 18.8. The summed E-state index contributed by atoms with van der Waals surface area (Å²) in [5.74, 6) is -0.419. The highest BCUT2D eigenvalue weighted by molar-refractivity contribution is 6.30. The van der Waals surface area contributed by atoms with E-state index in [0.29, 0.717) is 34.9 Å². The lowest BCUT2D eigenvalue weighted by molar-refractivity contribution is -0.384. The normalized spacial score (nSPS) is 20.2. The minimum Gasteiger partial charge on any atom is -0.496 e. The predicted molar refractivity (Wildman–Crippen MR) is 121 cm³/mol. The molecule has 1 unspecified atom stereocenters. The topological polar surface area (TPSA) is 89.8 Å². The third kappa shape index (κ3) is 3.88. The van der Waals surface area contributed by atoms with E-state index in [1.165, 1.54) is 24.1 Å². The number of ether oxygens (including phenoxy) is 1. The van der Waals surface area contributed by atoms with Gasteiger partial charge in [0, 0.05) is 35.1 Å². The van der Waals surface area contributed by atoms with Crippen LogP contribution in [0.4, 0.5) is 11.4 Å². The molecular formula is C24H23ClN2O5. The SMILES string of the molecule is COc1ccc(N2C(=O)CC(c3ccc(Cl)cc3)C3=C2CC(C)(C)CC3=O)c([N+](=O)[O-])c1. The second-order valence-electron chi connectivity index (χ2n) is 8.95. The van der Waals surface area contributed by atoms with Gasteiger partial charge in [-0.15, -0.1) is 0 Å². The Morgan fingerprint density at radius 2 is 1.81 bits per heavy atom. The van der Waals surface area contributed by atoms with Crippen LogP contribution in [-0.4, -0.2) is 23.7 Å². The van der Waals surface area contributed by atoms with Gasteiger partial charge in [0.05, 0.1) is 18.1 Å². The molecule has 1 aliphatic heterocycles. The lowest BCUT2D eigenvalue weighted by atomic mass is 9.69. The monoisotopic (exact) mass is 454 g/mol. The molecule has 0 bridgehead atoms. The molecule has 1 atom stereocenters. The number of nitro groups is 1. The highest BCUT2D eigenvalue weighted by Gasteiger charge is 2.45. The third-order valence-electron chi connectivity index (χ3n) is 6.04. The van der Waals surface area contributed by atoms with Crippen molar-refractivity contribution in [3.05, 3.63) is 74.4 Å². The van der Waals surface area contributed by atoms with E-state index in [1.807, 2.05) is 26.0 Å². The van der Waals surface area contributed by atoms with Gasteiger partial charge in [0.1, 0.15) is 11.4 Å². The van der Waals surface area contributed by atoms with Gasteiger partial charge in [-0.2, -0.15) is 0 Å². The highest BCUT2D eigenvalue weighted by atomic mass is 35.5. The van der Waals surface area contributed by atoms with Crippen LogP contribution < -0.4 is 9.64 Å². The van der Waals surface area contributed by atoms with Crippen molar-refractivity contribution in [3.63, 3.8) is 0 Å². The Bertz CT molecular complexity index is 1150. The highest BCUT2D eigenvalue weighted by Crippen LogP contribution is 2.49. The number of ketones is 1. The molecule has 0 spiro atoms. The molecule has 8 heteroatoms. The van der Waals surface area contributed by atoms with Gasteiger partial charge in [-0.25, -0.2) is 0 Å². The lowest BCUT2D eigenvalue weighted by Crippen LogP contribution is -2.44. The van der Waals surface area contributed by atoms with Crippen molar-refractivity contribution in [2.24, 2.45) is 5.41 Å². The number of Topliss-reactive ketones (excluding diaryl/α,β-unsaturated/α-hetero) is 1. The van der Waals surface area contributed by atoms with Crippen molar-refractivity contribution in [1.82, 2.24) is 0 Å². The minimum atomic E-state index is -0.535. The van der Waals surface area contributed by atoms with Crippen molar-refractivity contribution in [3.8, 4) is 5.75 Å². The summed E-state index contributed by atoms with van der Waals surface area (Å²) in [5.41, 5.74) is 1.44. The van der Waals surface area contributed by atoms with E-state index in [4.69, 9.17) is 16.3 Å². The molecule has 1 aliphatic carbocycles. The molecule has 0 fully saturated rings. The van der Waals surface area contributed by atoms with Crippen LogP contribution in [0.25, 0.3) is 0 Å². The molecular weight excluding hydrogens is 432 g/mol. The van der Waals surface area contributed by atoms with Crippen LogP contribution in [0.2, 0.25) is 5.02 Å². The summed E-state index contributed by atoms with van der Waals surface area (Å²) >= 11 is 6.03. The first-order chi connectivity index (χ1) is 15.1. The van der Waals surface area contributed by atoms with Crippen molar-refractivity contribution in [1.29, 1.82) is 0 Å². The van der Waals surface area contributed by atoms with Gasteiger partial charge < -0.3 is 4.74 Å². The largest absolute Gasteiger partial charge is 0.496 e. The van der Waals surface area contributed by atoms with Crippen molar-refractivity contribution in [2.45, 2.75) is 39.0 Å². The maximum Gasteiger partial charge on any atom is 0.297 e. The Labute approximate surface area is 190 Å². The molecule has 0 saturated heterocycles. The Hall–Kier alpha value is -3.19. The van der Waals surface area contributed by atoms with Crippen LogP contribution in [-0.2, 0) is 9.59 Å². The number of carbonyl (C=O) groups excluding carboxylic acids is 2. The fourth-order valence-electron chi connectivity index (χ4n) is 4.64. The molecule has 2 aliphatic rings. The fraction of sp³-hybridized carbons (Fsp3) is 0.333. The molecule has 0 aromatic heterocycles. The Morgan fingerprint density at radius 1 is 1.12 bits per heavy atom. The Balaban J connectivity index is 1.93. The summed E-state index contributed by atoms with van der Waals surface area (Å²) in [6.45, 7) is 3.93. The summed E-state index contributed by atoms with van der Waals surface area (Å²) < 4.78 is 5.13. The summed E-state index contributed by atoms with van der Waals surface area (Å²) in [6, 6.07) is 11.5. The molecule has 2 aromatic rings. The van der Waals surface area contributed by atoms with Gasteiger partial charge in [-0.3, -0.25) is 24.6 Å². The standard InChI is InChI=1S/C24H23ClN2O5/c1-24(2)12-20-23(21(28)13-24)17(14-4-6-15(25)7-5-14)11-22(29)26(20)18-9-8-16(32-3)10-19(18)27(30)31/h4-10,17H,11-13H2,1-3H3. The molecule has 0 saturated carbocycles. The number of hydrogen-bond acceptors (Lipinski definition) is 5. The molecule has 0 radical (unpaired) electrons. The van der Waals surface area contributed by atoms with E-state index in [9.17, 15) is 19.7 Å². The first-order valence-corrected chi connectivity index (χ1v) is 10.7. The van der Waals surface area contributed by atoms with Crippen LogP contribution in [0.15, 0.2) is 53.7 Å². The average molecular weight is 455 g/mol. The molecule has 1 amide bonds. The van der Waals surface area contributed by atoms with Crippen molar-refractivity contribution in [2.75, 3.05) is 12.0 Å². The Kier molecular flexibility index (Phi) is 5.54. The maximum absolute atomic E-state index is 13.4. The van der Waals surface area contributed by atoms with E-state index < -0.39 is 10.8 Å². The zero-order chi connectivity index (χ0) is 23.2. The van der Waals surface area contributed by atoms with Crippen LogP contribution in [0.1, 0.15) is 44.6 Å². The van der Waals surface area contributed by atoms with Crippen molar-refractivity contribution < 1.29 is 19.2 Å². The fourth-order valence-corrected chi connectivity index (χ4v) is 4.77. The van der Waals surface area contributed by atoms with Crippen LogP contribution >= 0.6 is 11.6 Å². The molecule has 2 aromatic carbocycles. The number of carbonyl (C=O) groups is 2. The molecule has 7 nitrogen and oxygen atoms in total. The van der Waals surface area contributed by atoms with Gasteiger partial charge in [-0.05, 0) is 41.7 Å². The summed E-state index contributed by atoms with van der Waals surface area (Å²) in [7, 11) is 1.42. The van der Waals surface area contributed by atoms with Crippen LogP contribution in [0, 0.1) is 15.5 Å². The zero-order valence-electron chi connectivity index (χ0n) is 18.1. The number of anilines is 1. The van der Waals surface area contributed by atoms with E-state index in [1.54, 1.807) is 18.2 Å². The quantitative estimate of drug-likeness (QED) is 0.454. The van der Waals surface area contributed by atoms with E-state index in [-0.39, 0.29) is 34.9 Å². The first-order valence-electron chi connectivity index (χ1n) is 10.3. The molecule has 1 heterocycles. The predicted octanol–water partition coefficient (Wildman–Crippen LogP) is 5.42.